The second-order valence-corrected chi connectivity index (χ2v) is 2.95. The van der Waals surface area contributed by atoms with E-state index < -0.39 is 5.97 Å². The van der Waals surface area contributed by atoms with Crippen LogP contribution in [0.15, 0.2) is 24.7 Å². The predicted octanol–water partition coefficient (Wildman–Crippen LogP) is -3.76. The first-order valence-electron chi connectivity index (χ1n) is 4.21. The molecule has 0 N–H and O–H groups in total. The Balaban J connectivity index is 0.00000128. The fraction of sp³-hybridized carbons (Fsp3) is 0.111. The van der Waals surface area contributed by atoms with E-state index in [9.17, 15) is 9.90 Å². The summed E-state index contributed by atoms with van der Waals surface area (Å²) in [6, 6.07) is 3.25. The Hall–Kier alpha value is -1.24. The molecule has 2 aromatic heterocycles. The molecule has 0 saturated heterocycles. The van der Waals surface area contributed by atoms with E-state index in [4.69, 9.17) is 0 Å². The zero-order valence-corrected chi connectivity index (χ0v) is 10.9. The minimum atomic E-state index is -1.33. The van der Waals surface area contributed by atoms with Crippen LogP contribution in [0.5, 0.6) is 0 Å². The van der Waals surface area contributed by atoms with E-state index >= 15 is 0 Å². The summed E-state index contributed by atoms with van der Waals surface area (Å²) in [6.07, 6.45) is 2.88. The molecule has 0 saturated carbocycles. The summed E-state index contributed by atoms with van der Waals surface area (Å²) in [5, 5.41) is 18.3. The molecule has 2 aromatic rings. The molecule has 6 nitrogen and oxygen atoms in total. The van der Waals surface area contributed by atoms with Crippen LogP contribution in [0.1, 0.15) is 10.5 Å². The number of carboxylic acids is 1. The Morgan fingerprint density at radius 3 is 2.81 bits per heavy atom. The number of aryl methyl sites for hydroxylation is 1. The van der Waals surface area contributed by atoms with Crippen LogP contribution in [-0.4, -0.2) is 25.7 Å². The van der Waals surface area contributed by atoms with Crippen molar-refractivity contribution in [2.45, 2.75) is 0 Å². The maximum Gasteiger partial charge on any atom is 1.00 e. The molecule has 2 heterocycles. The molecule has 16 heavy (non-hydrogen) atoms. The Morgan fingerprint density at radius 2 is 2.25 bits per heavy atom. The summed E-state index contributed by atoms with van der Waals surface area (Å²) < 4.78 is 1.61. The Kier molecular flexibility index (Phi) is 4.17. The molecule has 0 radical (unpaired) electrons. The van der Waals surface area contributed by atoms with Gasteiger partial charge in [0.05, 0.1) is 11.7 Å². The summed E-state index contributed by atoms with van der Waals surface area (Å²) in [7, 11) is 1.72. The van der Waals surface area contributed by atoms with Crippen molar-refractivity contribution in [1.29, 1.82) is 0 Å². The van der Waals surface area contributed by atoms with Gasteiger partial charge in [-0.15, -0.1) is 10.2 Å². The van der Waals surface area contributed by atoms with Gasteiger partial charge in [0.15, 0.2) is 5.82 Å². The maximum absolute atomic E-state index is 10.8. The largest absolute Gasteiger partial charge is 1.00 e. The average molecular weight is 226 g/mol. The van der Waals surface area contributed by atoms with Crippen molar-refractivity contribution in [3.05, 3.63) is 30.4 Å². The van der Waals surface area contributed by atoms with Gasteiger partial charge in [-0.05, 0) is 12.1 Å². The van der Waals surface area contributed by atoms with Crippen LogP contribution in [0.4, 0.5) is 0 Å². The van der Waals surface area contributed by atoms with Crippen molar-refractivity contribution in [2.75, 3.05) is 0 Å². The van der Waals surface area contributed by atoms with Crippen molar-refractivity contribution in [2.24, 2.45) is 7.05 Å². The molecular weight excluding hydrogens is 219 g/mol. The van der Waals surface area contributed by atoms with Crippen molar-refractivity contribution < 1.29 is 39.5 Å². The fourth-order valence-corrected chi connectivity index (χ4v) is 1.28. The third kappa shape index (κ3) is 2.29. The summed E-state index contributed by atoms with van der Waals surface area (Å²) in [5.41, 5.74) is 0.270. The van der Waals surface area contributed by atoms with Crippen molar-refractivity contribution in [1.82, 2.24) is 19.7 Å². The van der Waals surface area contributed by atoms with Gasteiger partial charge < -0.3 is 14.5 Å². The van der Waals surface area contributed by atoms with E-state index in [1.165, 1.54) is 12.5 Å². The number of aromatic carboxylic acids is 1. The van der Waals surface area contributed by atoms with Gasteiger partial charge in [0.1, 0.15) is 6.33 Å². The molecule has 0 aromatic carbocycles. The first-order chi connectivity index (χ1) is 7.20. The van der Waals surface area contributed by atoms with Crippen LogP contribution in [0.25, 0.3) is 11.4 Å². The van der Waals surface area contributed by atoms with Crippen molar-refractivity contribution >= 4 is 5.97 Å². The number of carbonyl (C=O) groups is 1. The predicted molar refractivity (Wildman–Crippen MR) is 48.6 cm³/mol. The molecule has 0 bridgehead atoms. The maximum atomic E-state index is 10.8. The summed E-state index contributed by atoms with van der Waals surface area (Å²) in [4.78, 5) is 14.5. The van der Waals surface area contributed by atoms with Crippen molar-refractivity contribution in [3.8, 4) is 11.4 Å². The van der Waals surface area contributed by atoms with E-state index in [-0.39, 0.29) is 35.3 Å². The van der Waals surface area contributed by atoms with Gasteiger partial charge in [0, 0.05) is 18.8 Å². The smallest absolute Gasteiger partial charge is 0.543 e. The second-order valence-electron chi connectivity index (χ2n) is 2.95. The number of hydrogen-bond acceptors (Lipinski definition) is 5. The molecule has 2 rings (SSSR count). The van der Waals surface area contributed by atoms with Crippen LogP contribution in [0, 0.1) is 0 Å². The van der Waals surface area contributed by atoms with Crippen LogP contribution in [0.2, 0.25) is 0 Å². The Labute approximate surface area is 114 Å². The van der Waals surface area contributed by atoms with E-state index in [1.807, 2.05) is 0 Å². The molecular formula is C9H7N4NaO2. The monoisotopic (exact) mass is 226 g/mol. The zero-order valence-electron chi connectivity index (χ0n) is 8.91. The third-order valence-electron chi connectivity index (χ3n) is 1.95. The molecule has 0 aliphatic carbocycles. The van der Waals surface area contributed by atoms with Gasteiger partial charge in [-0.3, -0.25) is 4.98 Å². The third-order valence-corrected chi connectivity index (χ3v) is 1.95. The summed E-state index contributed by atoms with van der Waals surface area (Å²) in [6.45, 7) is 0. The number of nitrogens with zero attached hydrogens (tertiary/aromatic N) is 4. The molecule has 0 amide bonds. The molecule has 0 unspecified atom stereocenters. The van der Waals surface area contributed by atoms with E-state index in [2.05, 4.69) is 15.2 Å². The zero-order chi connectivity index (χ0) is 10.8. The molecule has 0 aliphatic heterocycles. The SMILES string of the molecule is Cn1cnnc1-c1cccnc1C(=O)[O-].[Na+]. The number of carbonyl (C=O) groups excluding carboxylic acids is 1. The van der Waals surface area contributed by atoms with Gasteiger partial charge in [-0.25, -0.2) is 0 Å². The van der Waals surface area contributed by atoms with Crippen molar-refractivity contribution in [3.63, 3.8) is 0 Å². The summed E-state index contributed by atoms with van der Waals surface area (Å²) >= 11 is 0. The van der Waals surface area contributed by atoms with Gasteiger partial charge >= 0.3 is 29.6 Å². The minimum absolute atomic E-state index is 0. The number of rotatable bonds is 2. The molecule has 0 spiro atoms. The Morgan fingerprint density at radius 1 is 1.50 bits per heavy atom. The van der Waals surface area contributed by atoms with E-state index in [0.29, 0.717) is 11.4 Å². The number of hydrogen-bond donors (Lipinski definition) is 0. The van der Waals surface area contributed by atoms with Crippen LogP contribution in [0.3, 0.4) is 0 Å². The molecule has 76 valence electrons. The van der Waals surface area contributed by atoms with Gasteiger partial charge in [0.25, 0.3) is 0 Å². The normalized spacial score (nSPS) is 9.56. The summed E-state index contributed by atoms with van der Waals surface area (Å²) in [5.74, 6) is -0.879. The first kappa shape index (κ1) is 12.8. The van der Waals surface area contributed by atoms with Gasteiger partial charge in [-0.1, -0.05) is 0 Å². The van der Waals surface area contributed by atoms with Crippen LogP contribution < -0.4 is 34.7 Å². The van der Waals surface area contributed by atoms with Gasteiger partial charge in [0.2, 0.25) is 0 Å². The van der Waals surface area contributed by atoms with E-state index in [1.54, 1.807) is 23.7 Å². The number of pyridine rings is 1. The van der Waals surface area contributed by atoms with Crippen LogP contribution >= 0.6 is 0 Å². The average Bonchev–Trinajstić information content (AvgIpc) is 2.64. The Bertz CT molecular complexity index is 512. The fourth-order valence-electron chi connectivity index (χ4n) is 1.28. The molecule has 0 atom stereocenters. The standard InChI is InChI=1S/C9H8N4O2.Na/c1-13-5-11-12-8(13)6-3-2-4-10-7(6)9(14)15;/h2-5H,1H3,(H,14,15);/q;+1/p-1. The molecule has 0 fully saturated rings. The van der Waals surface area contributed by atoms with Gasteiger partial charge in [-0.2, -0.15) is 0 Å². The number of aromatic nitrogens is 4. The van der Waals surface area contributed by atoms with Crippen LogP contribution in [-0.2, 0) is 7.05 Å². The second kappa shape index (κ2) is 5.20. The molecule has 7 heteroatoms. The quantitative estimate of drug-likeness (QED) is 0.491. The first-order valence-corrected chi connectivity index (χ1v) is 4.21. The molecule has 0 aliphatic rings. The minimum Gasteiger partial charge on any atom is -0.543 e. The number of carboxylic acid groups (broad SMARTS) is 1. The van der Waals surface area contributed by atoms with E-state index in [0.717, 1.165) is 0 Å². The topological polar surface area (TPSA) is 83.7 Å².